The van der Waals surface area contributed by atoms with E-state index in [1.807, 2.05) is 0 Å². The third-order valence-electron chi connectivity index (χ3n) is 3.26. The van der Waals surface area contributed by atoms with Gasteiger partial charge >= 0.3 is 0 Å². The standard InChI is InChI=1S/C15H14Cl2FNO3S/c1-19(9-10-4-3-5-12(16)15(10)17)23(20,21)11-6-7-14(22-2)13(18)8-11/h3-8H,9H2,1-2H3. The Hall–Kier alpha value is -1.34. The van der Waals surface area contributed by atoms with Crippen LogP contribution in [0.5, 0.6) is 5.75 Å². The van der Waals surface area contributed by atoms with Gasteiger partial charge in [0.1, 0.15) is 0 Å². The predicted molar refractivity (Wildman–Crippen MR) is 88.1 cm³/mol. The lowest BCUT2D eigenvalue weighted by Crippen LogP contribution is -2.26. The smallest absolute Gasteiger partial charge is 0.243 e. The van der Waals surface area contributed by atoms with Gasteiger partial charge in [-0.2, -0.15) is 4.31 Å². The minimum absolute atomic E-state index is 0.00930. The maximum atomic E-state index is 13.7. The maximum absolute atomic E-state index is 13.7. The minimum atomic E-state index is -3.88. The van der Waals surface area contributed by atoms with Crippen molar-refractivity contribution < 1.29 is 17.5 Å². The number of sulfonamides is 1. The van der Waals surface area contributed by atoms with E-state index < -0.39 is 15.8 Å². The van der Waals surface area contributed by atoms with Crippen LogP contribution in [0.4, 0.5) is 4.39 Å². The van der Waals surface area contributed by atoms with Gasteiger partial charge in [-0.25, -0.2) is 12.8 Å². The Morgan fingerprint density at radius 2 is 1.91 bits per heavy atom. The Labute approximate surface area is 144 Å². The summed E-state index contributed by atoms with van der Waals surface area (Å²) in [5.41, 5.74) is 0.555. The highest BCUT2D eigenvalue weighted by molar-refractivity contribution is 7.89. The molecule has 0 fully saturated rings. The van der Waals surface area contributed by atoms with E-state index in [2.05, 4.69) is 0 Å². The molecule has 0 radical (unpaired) electrons. The summed E-state index contributed by atoms with van der Waals surface area (Å²) in [6, 6.07) is 8.44. The van der Waals surface area contributed by atoms with Crippen molar-refractivity contribution in [1.82, 2.24) is 4.31 Å². The van der Waals surface area contributed by atoms with Gasteiger partial charge in [-0.15, -0.1) is 0 Å². The normalized spacial score (nSPS) is 11.7. The van der Waals surface area contributed by atoms with Gasteiger partial charge < -0.3 is 4.74 Å². The van der Waals surface area contributed by atoms with Gasteiger partial charge in [-0.1, -0.05) is 35.3 Å². The van der Waals surface area contributed by atoms with Gasteiger partial charge in [0.05, 0.1) is 22.1 Å². The summed E-state index contributed by atoms with van der Waals surface area (Å²) in [5, 5.41) is 0.627. The fraction of sp³-hybridized carbons (Fsp3) is 0.200. The number of halogens is 3. The topological polar surface area (TPSA) is 46.6 Å². The molecule has 2 rings (SSSR count). The molecule has 2 aromatic rings. The highest BCUT2D eigenvalue weighted by atomic mass is 35.5. The predicted octanol–water partition coefficient (Wildman–Crippen LogP) is 3.96. The molecule has 0 unspecified atom stereocenters. The molecule has 0 aliphatic carbocycles. The van der Waals surface area contributed by atoms with Crippen LogP contribution < -0.4 is 4.74 Å². The average molecular weight is 378 g/mol. The Balaban J connectivity index is 2.32. The first kappa shape index (κ1) is 18.0. The maximum Gasteiger partial charge on any atom is 0.243 e. The van der Waals surface area contributed by atoms with Gasteiger partial charge in [0.2, 0.25) is 10.0 Å². The molecule has 0 N–H and O–H groups in total. The number of ether oxygens (including phenoxy) is 1. The lowest BCUT2D eigenvalue weighted by atomic mass is 10.2. The van der Waals surface area contributed by atoms with E-state index in [0.717, 1.165) is 10.4 Å². The zero-order valence-electron chi connectivity index (χ0n) is 12.4. The molecule has 124 valence electrons. The van der Waals surface area contributed by atoms with Gasteiger partial charge in [0.25, 0.3) is 0 Å². The van der Waals surface area contributed by atoms with E-state index in [1.165, 1.54) is 26.3 Å². The van der Waals surface area contributed by atoms with Crippen molar-refractivity contribution in [2.45, 2.75) is 11.4 Å². The third kappa shape index (κ3) is 3.77. The summed E-state index contributed by atoms with van der Waals surface area (Å²) in [5.74, 6) is -0.771. The van der Waals surface area contributed by atoms with Gasteiger partial charge in [-0.3, -0.25) is 0 Å². The van der Waals surface area contributed by atoms with Crippen LogP contribution in [0.15, 0.2) is 41.3 Å². The lowest BCUT2D eigenvalue weighted by molar-refractivity contribution is 0.385. The largest absolute Gasteiger partial charge is 0.494 e. The second-order valence-corrected chi connectivity index (χ2v) is 7.60. The molecule has 0 atom stereocenters. The Morgan fingerprint density at radius 1 is 1.22 bits per heavy atom. The third-order valence-corrected chi connectivity index (χ3v) is 5.91. The number of rotatable bonds is 5. The average Bonchev–Trinajstić information content (AvgIpc) is 2.51. The van der Waals surface area contributed by atoms with E-state index in [1.54, 1.807) is 18.2 Å². The first-order valence-electron chi connectivity index (χ1n) is 6.50. The van der Waals surface area contributed by atoms with Crippen molar-refractivity contribution in [3.63, 3.8) is 0 Å². The van der Waals surface area contributed by atoms with E-state index in [0.29, 0.717) is 10.6 Å². The SMILES string of the molecule is COc1ccc(S(=O)(=O)N(C)Cc2cccc(Cl)c2Cl)cc1F. The van der Waals surface area contributed by atoms with E-state index in [-0.39, 0.29) is 22.2 Å². The van der Waals surface area contributed by atoms with Crippen molar-refractivity contribution >= 4 is 33.2 Å². The van der Waals surface area contributed by atoms with Crippen molar-refractivity contribution in [3.05, 3.63) is 57.8 Å². The molecule has 2 aromatic carbocycles. The second-order valence-electron chi connectivity index (χ2n) is 4.77. The zero-order valence-corrected chi connectivity index (χ0v) is 14.7. The van der Waals surface area contributed by atoms with Gasteiger partial charge in [0, 0.05) is 13.6 Å². The van der Waals surface area contributed by atoms with Crippen molar-refractivity contribution in [2.24, 2.45) is 0 Å². The molecule has 8 heteroatoms. The first-order valence-corrected chi connectivity index (χ1v) is 8.69. The highest BCUT2D eigenvalue weighted by Crippen LogP contribution is 2.28. The fourth-order valence-electron chi connectivity index (χ4n) is 1.98. The number of hydrogen-bond acceptors (Lipinski definition) is 3. The van der Waals surface area contributed by atoms with Crippen LogP contribution in [0.2, 0.25) is 10.0 Å². The van der Waals surface area contributed by atoms with Gasteiger partial charge in [-0.05, 0) is 29.8 Å². The molecular formula is C15H14Cl2FNO3S. The van der Waals surface area contributed by atoms with Crippen LogP contribution in [-0.2, 0) is 16.6 Å². The molecule has 0 spiro atoms. The zero-order chi connectivity index (χ0) is 17.2. The van der Waals surface area contributed by atoms with Gasteiger partial charge in [0.15, 0.2) is 11.6 Å². The monoisotopic (exact) mass is 377 g/mol. The second kappa shape index (κ2) is 7.05. The minimum Gasteiger partial charge on any atom is -0.494 e. The molecule has 0 aliphatic rings. The first-order chi connectivity index (χ1) is 10.8. The van der Waals surface area contributed by atoms with Crippen molar-refractivity contribution in [2.75, 3.05) is 14.2 Å². The summed E-state index contributed by atoms with van der Waals surface area (Å²) in [4.78, 5) is -0.170. The molecule has 4 nitrogen and oxygen atoms in total. The molecule has 0 saturated heterocycles. The van der Waals surface area contributed by atoms with E-state index in [9.17, 15) is 12.8 Å². The number of nitrogens with zero attached hydrogens (tertiary/aromatic N) is 1. The molecular weight excluding hydrogens is 364 g/mol. The van der Waals surface area contributed by atoms with E-state index in [4.69, 9.17) is 27.9 Å². The van der Waals surface area contributed by atoms with E-state index >= 15 is 0 Å². The summed E-state index contributed by atoms with van der Waals surface area (Å²) in [6.45, 7) is 0.00930. The molecule has 23 heavy (non-hydrogen) atoms. The number of methoxy groups -OCH3 is 1. The number of benzene rings is 2. The van der Waals surface area contributed by atoms with Crippen LogP contribution in [0.25, 0.3) is 0 Å². The molecule has 0 bridgehead atoms. The summed E-state index contributed by atoms with van der Waals surface area (Å²) >= 11 is 12.0. The van der Waals surface area contributed by atoms with Crippen LogP contribution in [0.3, 0.4) is 0 Å². The number of hydrogen-bond donors (Lipinski definition) is 0. The van der Waals surface area contributed by atoms with Crippen LogP contribution in [0, 0.1) is 5.82 Å². The Bertz CT molecular complexity index is 827. The van der Waals surface area contributed by atoms with Crippen LogP contribution in [-0.4, -0.2) is 26.9 Å². The molecule has 0 saturated carbocycles. The molecule has 0 heterocycles. The molecule has 0 amide bonds. The molecule has 0 aliphatic heterocycles. The highest BCUT2D eigenvalue weighted by Gasteiger charge is 2.23. The van der Waals surface area contributed by atoms with Crippen molar-refractivity contribution in [1.29, 1.82) is 0 Å². The quantitative estimate of drug-likeness (QED) is 0.791. The molecule has 0 aromatic heterocycles. The lowest BCUT2D eigenvalue weighted by Gasteiger charge is -2.18. The Morgan fingerprint density at radius 3 is 2.52 bits per heavy atom. The summed E-state index contributed by atoms with van der Waals surface area (Å²) in [7, 11) is -1.19. The summed E-state index contributed by atoms with van der Waals surface area (Å²) < 4.78 is 44.7. The summed E-state index contributed by atoms with van der Waals surface area (Å²) in [6.07, 6.45) is 0. The Kier molecular flexibility index (Phi) is 5.52. The van der Waals surface area contributed by atoms with Crippen LogP contribution >= 0.6 is 23.2 Å². The van der Waals surface area contributed by atoms with Crippen LogP contribution in [0.1, 0.15) is 5.56 Å². The van der Waals surface area contributed by atoms with Crippen molar-refractivity contribution in [3.8, 4) is 5.75 Å². The fourth-order valence-corrected chi connectivity index (χ4v) is 3.52.